The molecule has 2 unspecified atom stereocenters. The third-order valence-corrected chi connectivity index (χ3v) is 4.14. The van der Waals surface area contributed by atoms with E-state index in [1.807, 2.05) is 0 Å². The van der Waals surface area contributed by atoms with Crippen LogP contribution in [0.25, 0.3) is 0 Å². The van der Waals surface area contributed by atoms with Gasteiger partial charge in [0.05, 0.1) is 0 Å². The van der Waals surface area contributed by atoms with Gasteiger partial charge in [-0.05, 0) is 42.7 Å². The average Bonchev–Trinajstić information content (AvgIpc) is 2.15. The monoisotopic (exact) mass is 203 g/mol. The molecule has 0 heterocycles. The summed E-state index contributed by atoms with van der Waals surface area (Å²) in [5.41, 5.74) is 10.6. The van der Waals surface area contributed by atoms with Crippen molar-refractivity contribution in [1.29, 1.82) is 0 Å². The van der Waals surface area contributed by atoms with E-state index in [1.165, 1.54) is 16.7 Å². The number of hydrogen-bond donors (Lipinski definition) is 1. The lowest BCUT2D eigenvalue weighted by atomic mass is 9.56. The topological polar surface area (TPSA) is 26.0 Å². The Morgan fingerprint density at radius 1 is 1.27 bits per heavy atom. The van der Waals surface area contributed by atoms with Gasteiger partial charge in [0.2, 0.25) is 0 Å². The van der Waals surface area contributed by atoms with E-state index in [9.17, 15) is 0 Å². The van der Waals surface area contributed by atoms with Crippen molar-refractivity contribution in [2.45, 2.75) is 46.1 Å². The lowest BCUT2D eigenvalue weighted by molar-refractivity contribution is 0.0979. The van der Waals surface area contributed by atoms with Crippen LogP contribution in [0.1, 0.15) is 42.9 Å². The van der Waals surface area contributed by atoms with E-state index in [0.29, 0.717) is 12.0 Å². The zero-order valence-electron chi connectivity index (χ0n) is 10.2. The molecule has 1 nitrogen and oxygen atoms in total. The van der Waals surface area contributed by atoms with Gasteiger partial charge >= 0.3 is 0 Å². The number of rotatable bonds is 1. The summed E-state index contributed by atoms with van der Waals surface area (Å²) in [5, 5.41) is 0. The van der Waals surface area contributed by atoms with Crippen molar-refractivity contribution in [3.63, 3.8) is 0 Å². The molecule has 2 N–H and O–H groups in total. The SMILES string of the molecule is Cc1ccc(C2CC(N)C2(C)C)c(C)c1. The first-order chi connectivity index (χ1) is 6.93. The molecule has 0 aliphatic heterocycles. The van der Waals surface area contributed by atoms with Crippen molar-refractivity contribution in [3.8, 4) is 0 Å². The highest BCUT2D eigenvalue weighted by molar-refractivity contribution is 5.36. The summed E-state index contributed by atoms with van der Waals surface area (Å²) in [6.45, 7) is 8.92. The van der Waals surface area contributed by atoms with Crippen LogP contribution in [-0.2, 0) is 0 Å². The molecular formula is C14H21N. The molecule has 1 saturated carbocycles. The molecule has 0 spiro atoms. The summed E-state index contributed by atoms with van der Waals surface area (Å²) >= 11 is 0. The summed E-state index contributed by atoms with van der Waals surface area (Å²) in [6, 6.07) is 7.13. The molecule has 15 heavy (non-hydrogen) atoms. The van der Waals surface area contributed by atoms with Gasteiger partial charge in [0.1, 0.15) is 0 Å². The molecule has 0 amide bonds. The minimum absolute atomic E-state index is 0.264. The maximum Gasteiger partial charge on any atom is 0.0102 e. The van der Waals surface area contributed by atoms with E-state index in [-0.39, 0.29) is 5.41 Å². The van der Waals surface area contributed by atoms with Gasteiger partial charge in [-0.1, -0.05) is 37.6 Å². The van der Waals surface area contributed by atoms with Crippen LogP contribution in [0.2, 0.25) is 0 Å². The number of aryl methyl sites for hydroxylation is 2. The molecule has 1 aromatic carbocycles. The van der Waals surface area contributed by atoms with Crippen LogP contribution in [0.4, 0.5) is 0 Å². The summed E-state index contributed by atoms with van der Waals surface area (Å²) < 4.78 is 0. The van der Waals surface area contributed by atoms with Gasteiger partial charge in [-0.2, -0.15) is 0 Å². The smallest absolute Gasteiger partial charge is 0.0102 e. The molecule has 0 saturated heterocycles. The normalized spacial score (nSPS) is 28.6. The molecule has 2 rings (SSSR count). The molecular weight excluding hydrogens is 182 g/mol. The highest BCUT2D eigenvalue weighted by Crippen LogP contribution is 2.52. The summed E-state index contributed by atoms with van der Waals surface area (Å²) in [6.07, 6.45) is 1.14. The Morgan fingerprint density at radius 2 is 1.93 bits per heavy atom. The van der Waals surface area contributed by atoms with Crippen LogP contribution in [0.5, 0.6) is 0 Å². The first-order valence-corrected chi connectivity index (χ1v) is 5.75. The van der Waals surface area contributed by atoms with E-state index in [4.69, 9.17) is 5.73 Å². The highest BCUT2D eigenvalue weighted by atomic mass is 14.8. The number of benzene rings is 1. The van der Waals surface area contributed by atoms with Crippen molar-refractivity contribution >= 4 is 0 Å². The Kier molecular flexibility index (Phi) is 2.38. The van der Waals surface area contributed by atoms with E-state index >= 15 is 0 Å². The van der Waals surface area contributed by atoms with Crippen LogP contribution in [0, 0.1) is 19.3 Å². The molecule has 1 aliphatic rings. The molecule has 1 aromatic rings. The van der Waals surface area contributed by atoms with Crippen molar-refractivity contribution in [2.24, 2.45) is 11.1 Å². The van der Waals surface area contributed by atoms with Crippen molar-refractivity contribution in [1.82, 2.24) is 0 Å². The van der Waals surface area contributed by atoms with Crippen LogP contribution in [0.3, 0.4) is 0 Å². The van der Waals surface area contributed by atoms with Gasteiger partial charge < -0.3 is 5.73 Å². The average molecular weight is 203 g/mol. The minimum atomic E-state index is 0.264. The van der Waals surface area contributed by atoms with E-state index in [1.54, 1.807) is 0 Å². The standard InChI is InChI=1S/C14H21N/c1-9-5-6-11(10(2)7-9)12-8-13(15)14(12,3)4/h5-7,12-13H,8,15H2,1-4H3. The fraction of sp³-hybridized carbons (Fsp3) is 0.571. The second-order valence-electron chi connectivity index (χ2n) is 5.58. The number of nitrogens with two attached hydrogens (primary N) is 1. The predicted molar refractivity (Wildman–Crippen MR) is 65.0 cm³/mol. The van der Waals surface area contributed by atoms with Gasteiger partial charge in [-0.3, -0.25) is 0 Å². The van der Waals surface area contributed by atoms with Crippen LogP contribution in [0.15, 0.2) is 18.2 Å². The summed E-state index contributed by atoms with van der Waals surface area (Å²) in [4.78, 5) is 0. The minimum Gasteiger partial charge on any atom is -0.327 e. The highest BCUT2D eigenvalue weighted by Gasteiger charge is 2.46. The van der Waals surface area contributed by atoms with Crippen LogP contribution in [-0.4, -0.2) is 6.04 Å². The van der Waals surface area contributed by atoms with Gasteiger partial charge in [0.15, 0.2) is 0 Å². The maximum atomic E-state index is 6.06. The van der Waals surface area contributed by atoms with Crippen molar-refractivity contribution in [2.75, 3.05) is 0 Å². The Bertz CT molecular complexity index is 379. The lowest BCUT2D eigenvalue weighted by Gasteiger charge is -2.51. The van der Waals surface area contributed by atoms with Crippen LogP contribution < -0.4 is 5.73 Å². The molecule has 1 fully saturated rings. The van der Waals surface area contributed by atoms with E-state index in [2.05, 4.69) is 45.9 Å². The molecule has 82 valence electrons. The molecule has 1 aliphatic carbocycles. The van der Waals surface area contributed by atoms with E-state index in [0.717, 1.165) is 6.42 Å². The van der Waals surface area contributed by atoms with Gasteiger partial charge in [0, 0.05) is 6.04 Å². The third kappa shape index (κ3) is 1.59. The fourth-order valence-corrected chi connectivity index (χ4v) is 2.70. The van der Waals surface area contributed by atoms with Crippen LogP contribution >= 0.6 is 0 Å². The first kappa shape index (κ1) is 10.7. The Hall–Kier alpha value is -0.820. The largest absolute Gasteiger partial charge is 0.327 e. The summed E-state index contributed by atoms with van der Waals surface area (Å²) in [5.74, 6) is 0.646. The predicted octanol–water partition coefficient (Wildman–Crippen LogP) is 3.14. The Morgan fingerprint density at radius 3 is 2.40 bits per heavy atom. The van der Waals surface area contributed by atoms with Gasteiger partial charge in [-0.25, -0.2) is 0 Å². The quantitative estimate of drug-likeness (QED) is 0.745. The summed E-state index contributed by atoms with van der Waals surface area (Å²) in [7, 11) is 0. The second-order valence-corrected chi connectivity index (χ2v) is 5.58. The molecule has 0 bridgehead atoms. The Labute approximate surface area is 92.7 Å². The van der Waals surface area contributed by atoms with Crippen molar-refractivity contribution < 1.29 is 0 Å². The van der Waals surface area contributed by atoms with E-state index < -0.39 is 0 Å². The molecule has 1 heteroatoms. The van der Waals surface area contributed by atoms with Gasteiger partial charge in [-0.15, -0.1) is 0 Å². The Balaban J connectivity index is 2.32. The van der Waals surface area contributed by atoms with Gasteiger partial charge in [0.25, 0.3) is 0 Å². The maximum absolute atomic E-state index is 6.06. The fourth-order valence-electron chi connectivity index (χ4n) is 2.70. The first-order valence-electron chi connectivity index (χ1n) is 5.75. The molecule has 0 aromatic heterocycles. The van der Waals surface area contributed by atoms with Crippen molar-refractivity contribution in [3.05, 3.63) is 34.9 Å². The molecule has 0 radical (unpaired) electrons. The zero-order chi connectivity index (χ0) is 11.2. The zero-order valence-corrected chi connectivity index (χ0v) is 10.2. The second kappa shape index (κ2) is 3.34. The molecule has 2 atom stereocenters. The lowest BCUT2D eigenvalue weighted by Crippen LogP contribution is -2.52. The number of hydrogen-bond acceptors (Lipinski definition) is 1. The third-order valence-electron chi connectivity index (χ3n) is 4.14.